The van der Waals surface area contributed by atoms with E-state index in [4.69, 9.17) is 22.7 Å². The second kappa shape index (κ2) is 7.17. The molecule has 16 heavy (non-hydrogen) atoms. The van der Waals surface area contributed by atoms with Crippen LogP contribution in [0.4, 0.5) is 0 Å². The van der Waals surface area contributed by atoms with E-state index in [2.05, 4.69) is 16.7 Å². The average molecular weight is 245 g/mol. The van der Waals surface area contributed by atoms with Gasteiger partial charge in [0.25, 0.3) is 0 Å². The molecular weight excluding hydrogens is 222 g/mol. The van der Waals surface area contributed by atoms with Crippen LogP contribution in [0.3, 0.4) is 0 Å². The van der Waals surface area contributed by atoms with Crippen LogP contribution in [0.15, 0.2) is 0 Å². The van der Waals surface area contributed by atoms with Crippen LogP contribution in [-0.4, -0.2) is 67.3 Å². The average Bonchev–Trinajstić information content (AvgIpc) is 2.29. The molecular formula is C11H23N3OS. The second-order valence-corrected chi connectivity index (χ2v) is 4.77. The summed E-state index contributed by atoms with van der Waals surface area (Å²) in [5.74, 6) is 0. The van der Waals surface area contributed by atoms with Gasteiger partial charge in [0, 0.05) is 46.4 Å². The molecule has 1 saturated heterocycles. The van der Waals surface area contributed by atoms with Crippen LogP contribution < -0.4 is 5.73 Å². The number of hydrogen-bond acceptors (Lipinski definition) is 4. The summed E-state index contributed by atoms with van der Waals surface area (Å²) in [6, 6.07) is 0.233. The quantitative estimate of drug-likeness (QED) is 0.539. The molecule has 1 unspecified atom stereocenters. The minimum Gasteiger partial charge on any atom is -0.392 e. The van der Waals surface area contributed by atoms with Crippen LogP contribution in [0.25, 0.3) is 0 Å². The highest BCUT2D eigenvalue weighted by atomic mass is 32.1. The number of hydrogen-bond donors (Lipinski definition) is 1. The first-order valence-electron chi connectivity index (χ1n) is 5.90. The standard InChI is InChI=1S/C11H23N3OS/c1-10(11(12)16)14-7-5-13(6-8-14)4-3-9-15-2/h10H,3-9H2,1-2H3,(H2,12,16). The first-order valence-corrected chi connectivity index (χ1v) is 6.30. The number of piperazine rings is 1. The van der Waals surface area contributed by atoms with Gasteiger partial charge in [-0.15, -0.1) is 0 Å². The van der Waals surface area contributed by atoms with E-state index in [-0.39, 0.29) is 6.04 Å². The lowest BCUT2D eigenvalue weighted by Gasteiger charge is -2.37. The van der Waals surface area contributed by atoms with Crippen LogP contribution >= 0.6 is 12.2 Å². The molecule has 0 aromatic heterocycles. The zero-order valence-corrected chi connectivity index (χ0v) is 11.1. The Balaban J connectivity index is 2.20. The summed E-state index contributed by atoms with van der Waals surface area (Å²) in [5.41, 5.74) is 5.66. The van der Waals surface area contributed by atoms with Gasteiger partial charge in [-0.2, -0.15) is 0 Å². The molecule has 5 heteroatoms. The molecule has 1 rings (SSSR count). The molecule has 1 atom stereocenters. The van der Waals surface area contributed by atoms with Crippen LogP contribution in [0.2, 0.25) is 0 Å². The zero-order valence-electron chi connectivity index (χ0n) is 10.3. The number of nitrogens with zero attached hydrogens (tertiary/aromatic N) is 2. The largest absolute Gasteiger partial charge is 0.392 e. The molecule has 0 aromatic rings. The fourth-order valence-corrected chi connectivity index (χ4v) is 2.14. The van der Waals surface area contributed by atoms with E-state index in [1.807, 2.05) is 0 Å². The van der Waals surface area contributed by atoms with Crippen molar-refractivity contribution in [3.63, 3.8) is 0 Å². The van der Waals surface area contributed by atoms with Crippen LogP contribution in [0.5, 0.6) is 0 Å². The fraction of sp³-hybridized carbons (Fsp3) is 0.909. The van der Waals surface area contributed by atoms with Gasteiger partial charge < -0.3 is 15.4 Å². The Labute approximate surface area is 104 Å². The van der Waals surface area contributed by atoms with Crippen molar-refractivity contribution >= 4 is 17.2 Å². The lowest BCUT2D eigenvalue weighted by atomic mass is 10.2. The summed E-state index contributed by atoms with van der Waals surface area (Å²) < 4.78 is 5.05. The first kappa shape index (κ1) is 13.8. The van der Waals surface area contributed by atoms with Gasteiger partial charge in [0.05, 0.1) is 11.0 Å². The summed E-state index contributed by atoms with van der Waals surface area (Å²) >= 11 is 5.02. The Hall–Kier alpha value is -0.230. The van der Waals surface area contributed by atoms with E-state index >= 15 is 0 Å². The Morgan fingerprint density at radius 2 is 2.00 bits per heavy atom. The minimum atomic E-state index is 0.233. The highest BCUT2D eigenvalue weighted by Crippen LogP contribution is 2.07. The van der Waals surface area contributed by atoms with Gasteiger partial charge in [0.1, 0.15) is 0 Å². The van der Waals surface area contributed by atoms with Crippen molar-refractivity contribution in [1.82, 2.24) is 9.80 Å². The van der Waals surface area contributed by atoms with E-state index in [0.29, 0.717) is 4.99 Å². The number of ether oxygens (including phenoxy) is 1. The molecule has 94 valence electrons. The normalized spacial score (nSPS) is 20.9. The van der Waals surface area contributed by atoms with Crippen molar-refractivity contribution in [3.8, 4) is 0 Å². The van der Waals surface area contributed by atoms with E-state index in [1.165, 1.54) is 0 Å². The van der Waals surface area contributed by atoms with Crippen LogP contribution in [0, 0.1) is 0 Å². The second-order valence-electron chi connectivity index (χ2n) is 4.30. The van der Waals surface area contributed by atoms with Crippen molar-refractivity contribution in [2.45, 2.75) is 19.4 Å². The molecule has 0 saturated carbocycles. The summed E-state index contributed by atoms with van der Waals surface area (Å²) in [6.07, 6.45) is 1.11. The third-order valence-corrected chi connectivity index (χ3v) is 3.53. The van der Waals surface area contributed by atoms with Crippen LogP contribution in [-0.2, 0) is 4.74 Å². The number of rotatable bonds is 6. The number of nitrogens with two attached hydrogens (primary N) is 1. The minimum absolute atomic E-state index is 0.233. The van der Waals surface area contributed by atoms with Crippen molar-refractivity contribution in [2.24, 2.45) is 5.73 Å². The van der Waals surface area contributed by atoms with Crippen molar-refractivity contribution in [3.05, 3.63) is 0 Å². The zero-order chi connectivity index (χ0) is 12.0. The van der Waals surface area contributed by atoms with E-state index in [0.717, 1.165) is 45.8 Å². The van der Waals surface area contributed by atoms with Gasteiger partial charge in [-0.25, -0.2) is 0 Å². The molecule has 4 nitrogen and oxygen atoms in total. The number of thiocarbonyl (C=S) groups is 1. The molecule has 1 heterocycles. The first-order chi connectivity index (χ1) is 7.65. The summed E-state index contributed by atoms with van der Waals surface area (Å²) in [6.45, 7) is 8.40. The highest BCUT2D eigenvalue weighted by molar-refractivity contribution is 7.80. The lowest BCUT2D eigenvalue weighted by Crippen LogP contribution is -2.52. The molecule has 0 radical (unpaired) electrons. The van der Waals surface area contributed by atoms with Crippen molar-refractivity contribution < 1.29 is 4.74 Å². The predicted octanol–water partition coefficient (Wildman–Crippen LogP) is 0.315. The maximum absolute atomic E-state index is 5.66. The van der Waals surface area contributed by atoms with Crippen LogP contribution in [0.1, 0.15) is 13.3 Å². The van der Waals surface area contributed by atoms with Gasteiger partial charge >= 0.3 is 0 Å². The third-order valence-electron chi connectivity index (χ3n) is 3.19. The Bertz CT molecular complexity index is 217. The summed E-state index contributed by atoms with van der Waals surface area (Å²) in [4.78, 5) is 5.43. The molecule has 0 amide bonds. The van der Waals surface area contributed by atoms with Gasteiger partial charge in [0.15, 0.2) is 0 Å². The molecule has 0 aliphatic carbocycles. The van der Waals surface area contributed by atoms with Gasteiger partial charge in [0.2, 0.25) is 0 Å². The molecule has 1 fully saturated rings. The maximum atomic E-state index is 5.66. The van der Waals surface area contributed by atoms with Gasteiger partial charge in [-0.3, -0.25) is 4.90 Å². The highest BCUT2D eigenvalue weighted by Gasteiger charge is 2.21. The Kier molecular flexibility index (Phi) is 6.20. The smallest absolute Gasteiger partial charge is 0.0899 e. The van der Waals surface area contributed by atoms with Crippen molar-refractivity contribution in [1.29, 1.82) is 0 Å². The molecule has 0 spiro atoms. The van der Waals surface area contributed by atoms with E-state index < -0.39 is 0 Å². The summed E-state index contributed by atoms with van der Waals surface area (Å²) in [7, 11) is 1.75. The van der Waals surface area contributed by atoms with Gasteiger partial charge in [-0.1, -0.05) is 12.2 Å². The lowest BCUT2D eigenvalue weighted by molar-refractivity contribution is 0.110. The predicted molar refractivity (Wildman–Crippen MR) is 70.8 cm³/mol. The molecule has 1 aliphatic heterocycles. The van der Waals surface area contributed by atoms with E-state index in [1.54, 1.807) is 7.11 Å². The number of methoxy groups -OCH3 is 1. The Morgan fingerprint density at radius 3 is 2.50 bits per heavy atom. The fourth-order valence-electron chi connectivity index (χ4n) is 1.99. The molecule has 2 N–H and O–H groups in total. The maximum Gasteiger partial charge on any atom is 0.0899 e. The molecule has 0 bridgehead atoms. The molecule has 1 aliphatic rings. The molecule has 0 aromatic carbocycles. The summed E-state index contributed by atoms with van der Waals surface area (Å²) in [5, 5.41) is 0. The monoisotopic (exact) mass is 245 g/mol. The third kappa shape index (κ3) is 4.33. The SMILES string of the molecule is COCCCN1CCN(C(C)C(N)=S)CC1. The topological polar surface area (TPSA) is 41.7 Å². The van der Waals surface area contributed by atoms with E-state index in [9.17, 15) is 0 Å². The van der Waals surface area contributed by atoms with Gasteiger partial charge in [-0.05, 0) is 13.3 Å². The van der Waals surface area contributed by atoms with Crippen molar-refractivity contribution in [2.75, 3.05) is 46.4 Å². The Morgan fingerprint density at radius 1 is 1.38 bits per heavy atom.